The van der Waals surface area contributed by atoms with E-state index < -0.39 is 0 Å². The van der Waals surface area contributed by atoms with Gasteiger partial charge in [0.1, 0.15) is 5.75 Å². The Morgan fingerprint density at radius 3 is 2.19 bits per heavy atom. The zero-order valence-corrected chi connectivity index (χ0v) is 21.1. The number of nitrogens with one attached hydrogen (secondary N) is 1. The molecule has 11 nitrogen and oxygen atoms in total. The number of hydrogen-bond donors (Lipinski definition) is 2. The van der Waals surface area contributed by atoms with Crippen LogP contribution in [0.15, 0.2) is 36.4 Å². The Balaban J connectivity index is 1.75. The lowest BCUT2D eigenvalue weighted by Gasteiger charge is -2.33. The summed E-state index contributed by atoms with van der Waals surface area (Å²) in [5.74, 6) is 2.74. The summed E-state index contributed by atoms with van der Waals surface area (Å²) >= 11 is 0. The average Bonchev–Trinajstić information content (AvgIpc) is 3.36. The maximum absolute atomic E-state index is 11.8. The minimum absolute atomic E-state index is 0.121. The van der Waals surface area contributed by atoms with Crippen LogP contribution >= 0.6 is 0 Å². The van der Waals surface area contributed by atoms with Crippen LogP contribution in [-0.2, 0) is 11.3 Å². The fraction of sp³-hybridized carbons (Fsp3) is 0.440. The first kappa shape index (κ1) is 25.2. The molecule has 1 amide bonds. The van der Waals surface area contributed by atoms with E-state index in [4.69, 9.17) is 24.7 Å². The van der Waals surface area contributed by atoms with E-state index in [1.54, 1.807) is 28.4 Å². The van der Waals surface area contributed by atoms with Gasteiger partial charge in [-0.25, -0.2) is 4.68 Å². The predicted molar refractivity (Wildman–Crippen MR) is 130 cm³/mol. The molecule has 3 aromatic rings. The third-order valence-electron chi connectivity index (χ3n) is 6.77. The number of hydrogen-bond acceptors (Lipinski definition) is 8. The lowest BCUT2D eigenvalue weighted by Crippen LogP contribution is -3.13. The van der Waals surface area contributed by atoms with Gasteiger partial charge in [-0.15, -0.1) is 5.10 Å². The van der Waals surface area contributed by atoms with Gasteiger partial charge in [0, 0.05) is 24.3 Å². The van der Waals surface area contributed by atoms with Crippen molar-refractivity contribution in [3.05, 3.63) is 53.3 Å². The molecular weight excluding hydrogens is 464 g/mol. The molecule has 0 bridgehead atoms. The molecule has 1 atom stereocenters. The van der Waals surface area contributed by atoms with Crippen molar-refractivity contribution in [3.8, 4) is 23.0 Å². The summed E-state index contributed by atoms with van der Waals surface area (Å²) in [6, 6.07) is 11.4. The van der Waals surface area contributed by atoms with Crippen LogP contribution in [0.5, 0.6) is 23.0 Å². The molecule has 1 saturated heterocycles. The minimum atomic E-state index is -0.247. The number of methoxy groups -OCH3 is 4. The number of benzene rings is 2. The number of nitrogens with two attached hydrogens (primary N) is 1. The van der Waals surface area contributed by atoms with Crippen LogP contribution in [0.4, 0.5) is 0 Å². The number of quaternary nitrogens is 1. The fourth-order valence-electron chi connectivity index (χ4n) is 4.83. The van der Waals surface area contributed by atoms with Crippen molar-refractivity contribution in [2.75, 3.05) is 41.5 Å². The third-order valence-corrected chi connectivity index (χ3v) is 6.77. The third kappa shape index (κ3) is 5.20. The first-order valence-electron chi connectivity index (χ1n) is 11.8. The number of carbonyl (C=O) groups excluding carboxylic acids is 1. The summed E-state index contributed by atoms with van der Waals surface area (Å²) in [6.45, 7) is 1.97. The molecule has 2 heterocycles. The van der Waals surface area contributed by atoms with Crippen LogP contribution in [0.1, 0.15) is 35.8 Å². The van der Waals surface area contributed by atoms with Gasteiger partial charge in [-0.1, -0.05) is 12.1 Å². The van der Waals surface area contributed by atoms with E-state index in [0.717, 1.165) is 30.0 Å². The topological polar surface area (TPSA) is 128 Å². The molecule has 192 valence electrons. The number of nitrogens with zero attached hydrogens (tertiary/aromatic N) is 4. The van der Waals surface area contributed by atoms with Crippen LogP contribution in [-0.4, -0.2) is 67.6 Å². The number of tetrazole rings is 1. The van der Waals surface area contributed by atoms with E-state index >= 15 is 0 Å². The molecule has 4 rings (SSSR count). The van der Waals surface area contributed by atoms with Crippen molar-refractivity contribution in [2.24, 2.45) is 11.7 Å². The Labute approximate surface area is 210 Å². The summed E-state index contributed by atoms with van der Waals surface area (Å²) in [4.78, 5) is 13.0. The van der Waals surface area contributed by atoms with Crippen molar-refractivity contribution in [3.63, 3.8) is 0 Å². The van der Waals surface area contributed by atoms with E-state index in [9.17, 15) is 4.79 Å². The molecule has 0 aliphatic carbocycles. The fourth-order valence-corrected chi connectivity index (χ4v) is 4.83. The number of ether oxygens (including phenoxy) is 4. The molecule has 2 aromatic carbocycles. The van der Waals surface area contributed by atoms with Crippen molar-refractivity contribution < 1.29 is 28.6 Å². The summed E-state index contributed by atoms with van der Waals surface area (Å²) in [7, 11) is 6.40. The standard InChI is InChI=1S/C25H32N6O5/c1-33-19-7-5-16(6-8-19)15-31-25(27-28-29-31)22(30-11-9-17(10-12-30)24(26)32)18-13-20(34-2)23(36-4)21(14-18)35-3/h5-8,13-14,17,22H,9-12,15H2,1-4H3,(H2,26,32)/p+1/t22-/m0/s1. The summed E-state index contributed by atoms with van der Waals surface area (Å²) in [5, 5.41) is 12.8. The highest BCUT2D eigenvalue weighted by Crippen LogP contribution is 2.40. The summed E-state index contributed by atoms with van der Waals surface area (Å²) in [6.07, 6.45) is 1.40. The molecule has 1 aliphatic heterocycles. The molecular formula is C25H33N6O5+. The number of carbonyl (C=O) groups is 1. The van der Waals surface area contributed by atoms with E-state index in [0.29, 0.717) is 42.5 Å². The van der Waals surface area contributed by atoms with Gasteiger partial charge in [0.2, 0.25) is 17.5 Å². The van der Waals surface area contributed by atoms with Gasteiger partial charge in [-0.3, -0.25) is 4.79 Å². The second-order valence-electron chi connectivity index (χ2n) is 8.77. The molecule has 0 spiro atoms. The van der Waals surface area contributed by atoms with Crippen molar-refractivity contribution in [1.29, 1.82) is 0 Å². The van der Waals surface area contributed by atoms with Crippen LogP contribution in [0.25, 0.3) is 0 Å². The molecule has 36 heavy (non-hydrogen) atoms. The highest BCUT2D eigenvalue weighted by molar-refractivity contribution is 5.76. The summed E-state index contributed by atoms with van der Waals surface area (Å²) < 4.78 is 23.9. The number of aromatic nitrogens is 4. The van der Waals surface area contributed by atoms with E-state index in [1.165, 1.54) is 4.90 Å². The Bertz CT molecular complexity index is 1150. The molecule has 11 heteroatoms. The maximum Gasteiger partial charge on any atom is 0.220 e. The van der Waals surface area contributed by atoms with Gasteiger partial charge in [0.15, 0.2) is 17.5 Å². The molecule has 0 radical (unpaired) electrons. The monoisotopic (exact) mass is 497 g/mol. The van der Waals surface area contributed by atoms with Crippen LogP contribution in [0.3, 0.4) is 0 Å². The highest BCUT2D eigenvalue weighted by atomic mass is 16.5. The molecule has 0 unspecified atom stereocenters. The molecule has 0 saturated carbocycles. The van der Waals surface area contributed by atoms with Crippen molar-refractivity contribution >= 4 is 5.91 Å². The van der Waals surface area contributed by atoms with Gasteiger partial charge in [-0.05, 0) is 40.3 Å². The van der Waals surface area contributed by atoms with Gasteiger partial charge in [0.05, 0.1) is 48.1 Å². The van der Waals surface area contributed by atoms with Crippen molar-refractivity contribution in [2.45, 2.75) is 25.4 Å². The van der Waals surface area contributed by atoms with Gasteiger partial charge < -0.3 is 29.6 Å². The molecule has 1 aromatic heterocycles. The lowest BCUT2D eigenvalue weighted by atomic mass is 9.93. The Morgan fingerprint density at radius 2 is 1.67 bits per heavy atom. The number of primary amides is 1. The number of amides is 1. The quantitative estimate of drug-likeness (QED) is 0.417. The highest BCUT2D eigenvalue weighted by Gasteiger charge is 2.37. The van der Waals surface area contributed by atoms with E-state index in [1.807, 2.05) is 41.1 Å². The van der Waals surface area contributed by atoms with E-state index in [-0.39, 0.29) is 17.9 Å². The molecule has 3 N–H and O–H groups in total. The Morgan fingerprint density at radius 1 is 1.03 bits per heavy atom. The second kappa shape index (κ2) is 11.3. The smallest absolute Gasteiger partial charge is 0.220 e. The van der Waals surface area contributed by atoms with Gasteiger partial charge >= 0.3 is 0 Å². The van der Waals surface area contributed by atoms with Gasteiger partial charge in [0.25, 0.3) is 0 Å². The number of likely N-dealkylation sites (tertiary alicyclic amines) is 1. The first-order chi connectivity index (χ1) is 17.5. The Kier molecular flexibility index (Phi) is 7.89. The van der Waals surface area contributed by atoms with Crippen LogP contribution < -0.4 is 29.6 Å². The minimum Gasteiger partial charge on any atom is -0.497 e. The largest absolute Gasteiger partial charge is 0.497 e. The predicted octanol–water partition coefficient (Wildman–Crippen LogP) is 0.625. The van der Waals surface area contributed by atoms with E-state index in [2.05, 4.69) is 15.5 Å². The molecule has 1 fully saturated rings. The molecule has 1 aliphatic rings. The normalized spacial score (nSPS) is 18.3. The average molecular weight is 498 g/mol. The number of piperidine rings is 1. The summed E-state index contributed by atoms with van der Waals surface area (Å²) in [5.41, 5.74) is 7.55. The van der Waals surface area contributed by atoms with Crippen molar-refractivity contribution in [1.82, 2.24) is 20.2 Å². The number of rotatable bonds is 10. The SMILES string of the molecule is COc1ccc(Cn2nnnc2[C@H](c2cc(OC)c(OC)c(OC)c2)[NH+]2CCC(C(N)=O)CC2)cc1. The van der Waals surface area contributed by atoms with Crippen LogP contribution in [0.2, 0.25) is 0 Å². The Hall–Kier alpha value is -3.86. The zero-order valence-electron chi connectivity index (χ0n) is 21.1. The van der Waals surface area contributed by atoms with Crippen LogP contribution in [0, 0.1) is 5.92 Å². The lowest BCUT2D eigenvalue weighted by molar-refractivity contribution is -0.931. The van der Waals surface area contributed by atoms with Gasteiger partial charge in [-0.2, -0.15) is 0 Å². The maximum atomic E-state index is 11.8. The zero-order chi connectivity index (χ0) is 25.7. The second-order valence-corrected chi connectivity index (χ2v) is 8.77. The first-order valence-corrected chi connectivity index (χ1v) is 11.8.